The summed E-state index contributed by atoms with van der Waals surface area (Å²) in [5, 5.41) is 0. The van der Waals surface area contributed by atoms with Crippen LogP contribution in [0.15, 0.2) is 0 Å². The lowest BCUT2D eigenvalue weighted by Crippen LogP contribution is -2.27. The molecule has 0 bridgehead atoms. The number of nitrogens with one attached hydrogen (secondary N) is 1. The lowest BCUT2D eigenvalue weighted by molar-refractivity contribution is -0.140. The second-order valence-corrected chi connectivity index (χ2v) is 6.13. The standard InChI is InChI=1S/C12H25NO6S/c1-17-9-10-19-8-4-3-7-13-20(15,16)11-5-6-12(14)18-2/h13H,3-11H2,1-2H3. The highest BCUT2D eigenvalue weighted by atomic mass is 32.2. The molecule has 0 spiro atoms. The third-order valence-corrected chi connectivity index (χ3v) is 3.96. The molecule has 0 aliphatic rings. The van der Waals surface area contributed by atoms with Crippen molar-refractivity contribution in [2.24, 2.45) is 0 Å². The van der Waals surface area contributed by atoms with Crippen LogP contribution in [0.4, 0.5) is 0 Å². The molecule has 0 atom stereocenters. The molecule has 0 unspecified atom stereocenters. The van der Waals surface area contributed by atoms with E-state index in [0.717, 1.165) is 6.42 Å². The Kier molecular flexibility index (Phi) is 11.6. The van der Waals surface area contributed by atoms with Gasteiger partial charge in [0.25, 0.3) is 0 Å². The van der Waals surface area contributed by atoms with Gasteiger partial charge in [0.2, 0.25) is 10.0 Å². The topological polar surface area (TPSA) is 90.9 Å². The van der Waals surface area contributed by atoms with E-state index in [1.807, 2.05) is 0 Å². The lowest BCUT2D eigenvalue weighted by atomic mass is 10.3. The zero-order chi connectivity index (χ0) is 15.3. The Bertz CT molecular complexity index is 344. The first-order chi connectivity index (χ1) is 9.52. The molecule has 120 valence electrons. The smallest absolute Gasteiger partial charge is 0.305 e. The van der Waals surface area contributed by atoms with Crippen molar-refractivity contribution in [1.82, 2.24) is 4.72 Å². The highest BCUT2D eigenvalue weighted by molar-refractivity contribution is 7.89. The number of methoxy groups -OCH3 is 2. The highest BCUT2D eigenvalue weighted by Gasteiger charge is 2.10. The Hall–Kier alpha value is -0.700. The maximum atomic E-state index is 11.6. The van der Waals surface area contributed by atoms with Gasteiger partial charge in [-0.1, -0.05) is 0 Å². The molecule has 0 aromatic heterocycles. The Morgan fingerprint density at radius 1 is 1.05 bits per heavy atom. The third kappa shape index (κ3) is 12.3. The van der Waals surface area contributed by atoms with E-state index in [1.54, 1.807) is 7.11 Å². The lowest BCUT2D eigenvalue weighted by Gasteiger charge is -2.07. The van der Waals surface area contributed by atoms with Crippen molar-refractivity contribution in [3.63, 3.8) is 0 Å². The van der Waals surface area contributed by atoms with E-state index in [2.05, 4.69) is 9.46 Å². The van der Waals surface area contributed by atoms with E-state index in [9.17, 15) is 13.2 Å². The van der Waals surface area contributed by atoms with Crippen molar-refractivity contribution in [2.45, 2.75) is 25.7 Å². The molecule has 0 amide bonds. The number of rotatable bonds is 13. The summed E-state index contributed by atoms with van der Waals surface area (Å²) >= 11 is 0. The first-order valence-electron chi connectivity index (χ1n) is 6.62. The van der Waals surface area contributed by atoms with Gasteiger partial charge in [-0.2, -0.15) is 0 Å². The zero-order valence-electron chi connectivity index (χ0n) is 12.2. The summed E-state index contributed by atoms with van der Waals surface area (Å²) in [5.74, 6) is -0.458. The number of carbonyl (C=O) groups is 1. The minimum absolute atomic E-state index is 0.0631. The largest absolute Gasteiger partial charge is 0.469 e. The van der Waals surface area contributed by atoms with Gasteiger partial charge in [0.1, 0.15) is 0 Å². The Morgan fingerprint density at radius 2 is 1.80 bits per heavy atom. The van der Waals surface area contributed by atoms with Crippen LogP contribution in [0.25, 0.3) is 0 Å². The zero-order valence-corrected chi connectivity index (χ0v) is 13.0. The van der Waals surface area contributed by atoms with Gasteiger partial charge >= 0.3 is 5.97 Å². The molecule has 8 heteroatoms. The SMILES string of the molecule is COCCOCCCCNS(=O)(=O)CCCC(=O)OC. The van der Waals surface area contributed by atoms with E-state index in [-0.39, 0.29) is 18.6 Å². The van der Waals surface area contributed by atoms with E-state index in [1.165, 1.54) is 7.11 Å². The minimum Gasteiger partial charge on any atom is -0.469 e. The molecule has 0 aliphatic carbocycles. The van der Waals surface area contributed by atoms with Gasteiger partial charge in [-0.3, -0.25) is 4.79 Å². The monoisotopic (exact) mass is 311 g/mol. The van der Waals surface area contributed by atoms with E-state index < -0.39 is 16.0 Å². The predicted molar refractivity (Wildman–Crippen MR) is 75.0 cm³/mol. The first kappa shape index (κ1) is 19.3. The van der Waals surface area contributed by atoms with Crippen LogP contribution in [0.1, 0.15) is 25.7 Å². The summed E-state index contributed by atoms with van der Waals surface area (Å²) < 4.78 is 40.1. The summed E-state index contributed by atoms with van der Waals surface area (Å²) in [6, 6.07) is 0. The Balaban J connectivity index is 3.50. The molecular weight excluding hydrogens is 286 g/mol. The second kappa shape index (κ2) is 12.1. The molecule has 7 nitrogen and oxygen atoms in total. The van der Waals surface area contributed by atoms with Gasteiger partial charge in [0, 0.05) is 26.7 Å². The van der Waals surface area contributed by atoms with Crippen molar-refractivity contribution in [2.75, 3.05) is 46.3 Å². The number of hydrogen-bond donors (Lipinski definition) is 1. The van der Waals surface area contributed by atoms with Crippen LogP contribution in [0.2, 0.25) is 0 Å². The third-order valence-electron chi connectivity index (χ3n) is 2.49. The summed E-state index contributed by atoms with van der Waals surface area (Å²) in [4.78, 5) is 10.8. The average Bonchev–Trinajstić information content (AvgIpc) is 2.41. The molecule has 0 saturated carbocycles. The van der Waals surface area contributed by atoms with Gasteiger partial charge in [0.05, 0.1) is 26.1 Å². The predicted octanol–water partition coefficient (Wildman–Crippen LogP) is 0.302. The van der Waals surface area contributed by atoms with Crippen molar-refractivity contribution in [3.8, 4) is 0 Å². The van der Waals surface area contributed by atoms with E-state index >= 15 is 0 Å². The number of unbranched alkanes of at least 4 members (excludes halogenated alkanes) is 1. The molecule has 0 fully saturated rings. The van der Waals surface area contributed by atoms with Crippen LogP contribution in [-0.2, 0) is 29.0 Å². The fraction of sp³-hybridized carbons (Fsp3) is 0.917. The molecule has 0 aromatic carbocycles. The van der Waals surface area contributed by atoms with Crippen molar-refractivity contribution < 1.29 is 27.4 Å². The van der Waals surface area contributed by atoms with Crippen LogP contribution in [-0.4, -0.2) is 60.7 Å². The molecule has 0 saturated heterocycles. The Labute approximate surface area is 121 Å². The number of esters is 1. The van der Waals surface area contributed by atoms with Gasteiger partial charge in [-0.15, -0.1) is 0 Å². The number of ether oxygens (including phenoxy) is 3. The first-order valence-corrected chi connectivity index (χ1v) is 8.28. The number of carbonyl (C=O) groups excluding carboxylic acids is 1. The number of sulfonamides is 1. The van der Waals surface area contributed by atoms with Crippen LogP contribution >= 0.6 is 0 Å². The molecule has 0 aromatic rings. The van der Waals surface area contributed by atoms with E-state index in [0.29, 0.717) is 32.8 Å². The quantitative estimate of drug-likeness (QED) is 0.389. The maximum Gasteiger partial charge on any atom is 0.305 e. The normalized spacial score (nSPS) is 11.5. The molecule has 0 heterocycles. The minimum atomic E-state index is -3.31. The van der Waals surface area contributed by atoms with Crippen LogP contribution < -0.4 is 4.72 Å². The van der Waals surface area contributed by atoms with Crippen LogP contribution in [0, 0.1) is 0 Å². The molecule has 1 N–H and O–H groups in total. The maximum absolute atomic E-state index is 11.6. The summed E-state index contributed by atoms with van der Waals surface area (Å²) in [6.45, 7) is 2.09. The van der Waals surface area contributed by atoms with Crippen molar-refractivity contribution in [1.29, 1.82) is 0 Å². The van der Waals surface area contributed by atoms with Crippen LogP contribution in [0.5, 0.6) is 0 Å². The fourth-order valence-corrected chi connectivity index (χ4v) is 2.51. The van der Waals surface area contributed by atoms with Gasteiger partial charge in [-0.05, 0) is 19.3 Å². The fourth-order valence-electron chi connectivity index (χ4n) is 1.38. The summed E-state index contributed by atoms with van der Waals surface area (Å²) in [6.07, 6.45) is 1.88. The van der Waals surface area contributed by atoms with Crippen molar-refractivity contribution in [3.05, 3.63) is 0 Å². The summed E-state index contributed by atoms with van der Waals surface area (Å²) in [5.41, 5.74) is 0. The molecular formula is C12H25NO6S. The molecule has 0 radical (unpaired) electrons. The second-order valence-electron chi connectivity index (χ2n) is 4.21. The van der Waals surface area contributed by atoms with Crippen LogP contribution in [0.3, 0.4) is 0 Å². The van der Waals surface area contributed by atoms with Gasteiger partial charge in [-0.25, -0.2) is 13.1 Å². The average molecular weight is 311 g/mol. The summed E-state index contributed by atoms with van der Waals surface area (Å²) in [7, 11) is -0.414. The molecule has 0 rings (SSSR count). The number of hydrogen-bond acceptors (Lipinski definition) is 6. The van der Waals surface area contributed by atoms with Gasteiger partial charge in [0.15, 0.2) is 0 Å². The van der Waals surface area contributed by atoms with Gasteiger partial charge < -0.3 is 14.2 Å². The molecule has 20 heavy (non-hydrogen) atoms. The highest BCUT2D eigenvalue weighted by Crippen LogP contribution is 1.97. The Morgan fingerprint density at radius 3 is 2.45 bits per heavy atom. The van der Waals surface area contributed by atoms with Crippen molar-refractivity contribution >= 4 is 16.0 Å². The van der Waals surface area contributed by atoms with E-state index in [4.69, 9.17) is 9.47 Å². The molecule has 0 aliphatic heterocycles.